The number of aromatic nitrogens is 1. The summed E-state index contributed by atoms with van der Waals surface area (Å²) < 4.78 is 37.3. The molecule has 0 radical (unpaired) electrons. The Hall–Kier alpha value is -0.920. The third kappa shape index (κ3) is 3.05. The molecule has 0 aromatic carbocycles. The van der Waals surface area contributed by atoms with Crippen LogP contribution in [0.3, 0.4) is 0 Å². The minimum absolute atomic E-state index is 0.217. The Kier molecular flexibility index (Phi) is 4.82. The molecule has 0 bridgehead atoms. The van der Waals surface area contributed by atoms with Crippen molar-refractivity contribution in [2.45, 2.75) is 38.5 Å². The molecule has 1 aliphatic heterocycles. The molecular formula is C13H22N2O4S. The first kappa shape index (κ1) is 15.5. The van der Waals surface area contributed by atoms with Crippen molar-refractivity contribution in [3.8, 4) is 0 Å². The first-order chi connectivity index (χ1) is 9.46. The van der Waals surface area contributed by atoms with E-state index in [9.17, 15) is 8.42 Å². The van der Waals surface area contributed by atoms with Gasteiger partial charge in [0.25, 0.3) is 0 Å². The van der Waals surface area contributed by atoms with Gasteiger partial charge in [-0.15, -0.1) is 0 Å². The van der Waals surface area contributed by atoms with Crippen LogP contribution in [-0.2, 0) is 14.8 Å². The Morgan fingerprint density at radius 3 is 2.80 bits per heavy atom. The van der Waals surface area contributed by atoms with Gasteiger partial charge in [0.05, 0.1) is 6.61 Å². The fourth-order valence-electron chi connectivity index (χ4n) is 2.64. The summed E-state index contributed by atoms with van der Waals surface area (Å²) in [6, 6.07) is 0. The van der Waals surface area contributed by atoms with Gasteiger partial charge in [-0.1, -0.05) is 5.16 Å². The highest BCUT2D eigenvalue weighted by Crippen LogP contribution is 2.27. The van der Waals surface area contributed by atoms with E-state index in [1.807, 2.05) is 6.92 Å². The van der Waals surface area contributed by atoms with Gasteiger partial charge in [0.1, 0.15) is 10.6 Å². The molecule has 7 heteroatoms. The second-order valence-corrected chi connectivity index (χ2v) is 7.06. The van der Waals surface area contributed by atoms with Gasteiger partial charge in [0, 0.05) is 19.7 Å². The van der Waals surface area contributed by atoms with Crippen LogP contribution < -0.4 is 0 Å². The lowest BCUT2D eigenvalue weighted by molar-refractivity contribution is 0.0864. The molecule has 1 saturated heterocycles. The van der Waals surface area contributed by atoms with Crippen molar-refractivity contribution in [3.05, 3.63) is 11.5 Å². The van der Waals surface area contributed by atoms with Crippen molar-refractivity contribution >= 4 is 10.0 Å². The van der Waals surface area contributed by atoms with Crippen molar-refractivity contribution in [1.82, 2.24) is 9.46 Å². The summed E-state index contributed by atoms with van der Waals surface area (Å²) in [6.45, 7) is 7.57. The normalized spacial score (nSPS) is 21.2. The smallest absolute Gasteiger partial charge is 0.248 e. The molecule has 0 aliphatic carbocycles. The van der Waals surface area contributed by atoms with E-state index in [1.54, 1.807) is 13.8 Å². The predicted molar refractivity (Wildman–Crippen MR) is 74.0 cm³/mol. The second-order valence-electron chi connectivity index (χ2n) is 5.18. The molecule has 1 aromatic heterocycles. The zero-order chi connectivity index (χ0) is 14.8. The van der Waals surface area contributed by atoms with E-state index in [-0.39, 0.29) is 10.8 Å². The van der Waals surface area contributed by atoms with Crippen molar-refractivity contribution < 1.29 is 17.7 Å². The molecule has 1 fully saturated rings. The van der Waals surface area contributed by atoms with Crippen LogP contribution in [0.25, 0.3) is 0 Å². The lowest BCUT2D eigenvalue weighted by Crippen LogP contribution is -2.41. The Morgan fingerprint density at radius 1 is 1.45 bits per heavy atom. The number of ether oxygens (including phenoxy) is 1. The molecule has 20 heavy (non-hydrogen) atoms. The monoisotopic (exact) mass is 302 g/mol. The Morgan fingerprint density at radius 2 is 2.20 bits per heavy atom. The van der Waals surface area contributed by atoms with Gasteiger partial charge in [0.15, 0.2) is 5.76 Å². The van der Waals surface area contributed by atoms with E-state index in [4.69, 9.17) is 9.26 Å². The van der Waals surface area contributed by atoms with E-state index in [0.29, 0.717) is 37.8 Å². The van der Waals surface area contributed by atoms with Crippen LogP contribution in [-0.4, -0.2) is 44.2 Å². The van der Waals surface area contributed by atoms with Crippen molar-refractivity contribution in [2.75, 3.05) is 26.3 Å². The van der Waals surface area contributed by atoms with Gasteiger partial charge in [-0.25, -0.2) is 8.42 Å². The van der Waals surface area contributed by atoms with Crippen molar-refractivity contribution in [1.29, 1.82) is 0 Å². The molecule has 2 rings (SSSR count). The number of rotatable bonds is 5. The van der Waals surface area contributed by atoms with Crippen LogP contribution in [0.2, 0.25) is 0 Å². The number of aryl methyl sites for hydroxylation is 2. The number of nitrogens with zero attached hydrogens (tertiary/aromatic N) is 2. The zero-order valence-corrected chi connectivity index (χ0v) is 13.1. The molecule has 0 amide bonds. The molecule has 1 aromatic rings. The molecule has 2 heterocycles. The topological polar surface area (TPSA) is 72.6 Å². The van der Waals surface area contributed by atoms with Gasteiger partial charge < -0.3 is 9.26 Å². The predicted octanol–water partition coefficient (Wildman–Crippen LogP) is 1.73. The SMILES string of the molecule is CCOCC1CCCN(S(=O)(=O)c2c(C)noc2C)C1. The summed E-state index contributed by atoms with van der Waals surface area (Å²) in [4.78, 5) is 0.217. The summed E-state index contributed by atoms with van der Waals surface area (Å²) in [5.41, 5.74) is 0.425. The third-order valence-corrected chi connectivity index (χ3v) is 5.72. The van der Waals surface area contributed by atoms with Gasteiger partial charge in [0.2, 0.25) is 10.0 Å². The maximum Gasteiger partial charge on any atom is 0.248 e. The lowest BCUT2D eigenvalue weighted by Gasteiger charge is -2.31. The van der Waals surface area contributed by atoms with Crippen LogP contribution in [0.5, 0.6) is 0 Å². The van der Waals surface area contributed by atoms with Crippen molar-refractivity contribution in [3.63, 3.8) is 0 Å². The number of hydrogen-bond donors (Lipinski definition) is 0. The Balaban J connectivity index is 2.17. The maximum absolute atomic E-state index is 12.7. The fraction of sp³-hybridized carbons (Fsp3) is 0.769. The molecule has 0 spiro atoms. The summed E-state index contributed by atoms with van der Waals surface area (Å²) >= 11 is 0. The second kappa shape index (κ2) is 6.24. The number of hydrogen-bond acceptors (Lipinski definition) is 5. The van der Waals surface area contributed by atoms with Crippen molar-refractivity contribution in [2.24, 2.45) is 5.92 Å². The summed E-state index contributed by atoms with van der Waals surface area (Å²) in [7, 11) is -3.52. The maximum atomic E-state index is 12.7. The van der Waals surface area contributed by atoms with Gasteiger partial charge in [-0.2, -0.15) is 4.31 Å². The minimum Gasteiger partial charge on any atom is -0.381 e. The third-order valence-electron chi connectivity index (χ3n) is 3.61. The molecule has 6 nitrogen and oxygen atoms in total. The average molecular weight is 302 g/mol. The fourth-order valence-corrected chi connectivity index (χ4v) is 4.48. The van der Waals surface area contributed by atoms with E-state index in [0.717, 1.165) is 12.8 Å². The molecule has 1 aliphatic rings. The molecule has 0 N–H and O–H groups in total. The lowest BCUT2D eigenvalue weighted by atomic mass is 10.0. The molecule has 1 unspecified atom stereocenters. The Bertz CT molecular complexity index is 533. The van der Waals surface area contributed by atoms with Crippen LogP contribution in [0.15, 0.2) is 9.42 Å². The molecule has 1 atom stereocenters. The highest BCUT2D eigenvalue weighted by molar-refractivity contribution is 7.89. The summed E-state index contributed by atoms with van der Waals surface area (Å²) in [6.07, 6.45) is 1.87. The zero-order valence-electron chi connectivity index (χ0n) is 12.3. The van der Waals surface area contributed by atoms with E-state index in [2.05, 4.69) is 5.16 Å². The minimum atomic E-state index is -3.52. The van der Waals surface area contributed by atoms with E-state index >= 15 is 0 Å². The molecule has 0 saturated carbocycles. The van der Waals surface area contributed by atoms with Gasteiger partial charge in [-0.05, 0) is 39.5 Å². The quantitative estimate of drug-likeness (QED) is 0.828. The van der Waals surface area contributed by atoms with Crippen LogP contribution >= 0.6 is 0 Å². The Labute approximate surface area is 120 Å². The van der Waals surface area contributed by atoms with Crippen LogP contribution in [0, 0.1) is 19.8 Å². The number of sulfonamides is 1. The average Bonchev–Trinajstić information content (AvgIpc) is 2.76. The van der Waals surface area contributed by atoms with Gasteiger partial charge >= 0.3 is 0 Å². The van der Waals surface area contributed by atoms with E-state index < -0.39 is 10.0 Å². The first-order valence-electron chi connectivity index (χ1n) is 6.97. The van der Waals surface area contributed by atoms with E-state index in [1.165, 1.54) is 4.31 Å². The first-order valence-corrected chi connectivity index (χ1v) is 8.41. The number of piperidine rings is 1. The molecule has 114 valence electrons. The largest absolute Gasteiger partial charge is 0.381 e. The highest BCUT2D eigenvalue weighted by atomic mass is 32.2. The summed E-state index contributed by atoms with van der Waals surface area (Å²) in [5, 5.41) is 3.74. The van der Waals surface area contributed by atoms with Gasteiger partial charge in [-0.3, -0.25) is 0 Å². The van der Waals surface area contributed by atoms with Crippen LogP contribution in [0.4, 0.5) is 0 Å². The standard InChI is InChI=1S/C13H22N2O4S/c1-4-18-9-12-6-5-7-15(8-12)20(16,17)13-10(2)14-19-11(13)3/h12H,4-9H2,1-3H3. The molecular weight excluding hydrogens is 280 g/mol. The van der Waals surface area contributed by atoms with Crippen LogP contribution in [0.1, 0.15) is 31.2 Å². The highest BCUT2D eigenvalue weighted by Gasteiger charge is 2.34. The summed E-state index contributed by atoms with van der Waals surface area (Å²) in [5.74, 6) is 0.619.